The third kappa shape index (κ3) is 3.24. The predicted octanol–water partition coefficient (Wildman–Crippen LogP) is 3.23. The Bertz CT molecular complexity index is 924. The molecule has 0 spiro atoms. The summed E-state index contributed by atoms with van der Waals surface area (Å²) in [7, 11) is 0. The van der Waals surface area contributed by atoms with E-state index in [9.17, 15) is 5.11 Å². The SMILES string of the molecule is Cc1cc(N2CCCC(c3noc(C)n3)C2)nc(-c2ccccc2O)n1. The van der Waals surface area contributed by atoms with Gasteiger partial charge in [-0.3, -0.25) is 0 Å². The molecule has 134 valence electrons. The van der Waals surface area contributed by atoms with Crippen LogP contribution >= 0.6 is 0 Å². The average Bonchev–Trinajstić information content (AvgIpc) is 3.08. The molecule has 1 aliphatic rings. The number of rotatable bonds is 3. The molecule has 1 unspecified atom stereocenters. The summed E-state index contributed by atoms with van der Waals surface area (Å²) in [6.07, 6.45) is 2.07. The van der Waals surface area contributed by atoms with Gasteiger partial charge in [0.1, 0.15) is 11.6 Å². The van der Waals surface area contributed by atoms with Crippen LogP contribution in [0, 0.1) is 13.8 Å². The third-order valence-electron chi connectivity index (χ3n) is 4.64. The maximum absolute atomic E-state index is 10.1. The molecule has 1 aromatic carbocycles. The Labute approximate surface area is 151 Å². The summed E-state index contributed by atoms with van der Waals surface area (Å²) in [5.74, 6) is 3.17. The van der Waals surface area contributed by atoms with Gasteiger partial charge >= 0.3 is 0 Å². The minimum absolute atomic E-state index is 0.183. The number of aryl methyl sites for hydroxylation is 2. The van der Waals surface area contributed by atoms with Gasteiger partial charge in [-0.15, -0.1) is 0 Å². The van der Waals surface area contributed by atoms with Gasteiger partial charge in [-0.1, -0.05) is 17.3 Å². The molecule has 26 heavy (non-hydrogen) atoms. The van der Waals surface area contributed by atoms with Crippen molar-refractivity contribution in [3.8, 4) is 17.1 Å². The highest BCUT2D eigenvalue weighted by atomic mass is 16.5. The van der Waals surface area contributed by atoms with Crippen LogP contribution in [0.25, 0.3) is 11.4 Å². The monoisotopic (exact) mass is 351 g/mol. The first-order chi connectivity index (χ1) is 12.6. The van der Waals surface area contributed by atoms with E-state index in [0.29, 0.717) is 17.3 Å². The average molecular weight is 351 g/mol. The van der Waals surface area contributed by atoms with Crippen molar-refractivity contribution in [1.29, 1.82) is 0 Å². The number of nitrogens with zero attached hydrogens (tertiary/aromatic N) is 5. The van der Waals surface area contributed by atoms with Crippen LogP contribution in [0.3, 0.4) is 0 Å². The van der Waals surface area contributed by atoms with Crippen LogP contribution in [0.15, 0.2) is 34.9 Å². The standard InChI is InChI=1S/C19H21N5O2/c1-12-10-17(22-19(20-12)15-7-3-4-8-16(15)25)24-9-5-6-14(11-24)18-21-13(2)26-23-18/h3-4,7-8,10,14,25H,5-6,9,11H2,1-2H3. The number of aromatic hydroxyl groups is 1. The fraction of sp³-hybridized carbons (Fsp3) is 0.368. The van der Waals surface area contributed by atoms with Crippen LogP contribution in [0.1, 0.15) is 36.2 Å². The first-order valence-electron chi connectivity index (χ1n) is 8.79. The molecule has 0 amide bonds. The topological polar surface area (TPSA) is 88.2 Å². The van der Waals surface area contributed by atoms with Gasteiger partial charge in [0.25, 0.3) is 0 Å². The third-order valence-corrected chi connectivity index (χ3v) is 4.64. The number of piperidine rings is 1. The van der Waals surface area contributed by atoms with Crippen molar-refractivity contribution in [2.45, 2.75) is 32.6 Å². The van der Waals surface area contributed by atoms with Crippen molar-refractivity contribution in [2.75, 3.05) is 18.0 Å². The summed E-state index contributed by atoms with van der Waals surface area (Å²) in [6, 6.07) is 9.12. The van der Waals surface area contributed by atoms with Crippen molar-refractivity contribution >= 4 is 5.82 Å². The highest BCUT2D eigenvalue weighted by Crippen LogP contribution is 2.31. The van der Waals surface area contributed by atoms with E-state index < -0.39 is 0 Å². The molecule has 1 fully saturated rings. The smallest absolute Gasteiger partial charge is 0.223 e. The molecule has 1 aliphatic heterocycles. The van der Waals surface area contributed by atoms with E-state index in [0.717, 1.165) is 43.3 Å². The Morgan fingerprint density at radius 3 is 2.77 bits per heavy atom. The van der Waals surface area contributed by atoms with E-state index in [1.807, 2.05) is 32.0 Å². The highest BCUT2D eigenvalue weighted by molar-refractivity contribution is 5.65. The molecule has 0 bridgehead atoms. The van der Waals surface area contributed by atoms with Gasteiger partial charge in [-0.2, -0.15) is 4.98 Å². The Hall–Kier alpha value is -2.96. The fourth-order valence-corrected chi connectivity index (χ4v) is 3.37. The van der Waals surface area contributed by atoms with Crippen LogP contribution in [0.5, 0.6) is 5.75 Å². The molecule has 0 saturated carbocycles. The molecular formula is C19H21N5O2. The van der Waals surface area contributed by atoms with Gasteiger partial charge in [-0.25, -0.2) is 9.97 Å². The van der Waals surface area contributed by atoms with Crippen molar-refractivity contribution < 1.29 is 9.63 Å². The molecule has 1 saturated heterocycles. The van der Waals surface area contributed by atoms with Crippen LogP contribution in [0.4, 0.5) is 5.82 Å². The summed E-state index contributed by atoms with van der Waals surface area (Å²) < 4.78 is 5.13. The lowest BCUT2D eigenvalue weighted by atomic mass is 9.97. The normalized spacial score (nSPS) is 17.5. The van der Waals surface area contributed by atoms with Gasteiger partial charge < -0.3 is 14.5 Å². The molecule has 3 aromatic rings. The minimum atomic E-state index is 0.183. The molecule has 1 N–H and O–H groups in total. The zero-order valence-corrected chi connectivity index (χ0v) is 14.9. The van der Waals surface area contributed by atoms with Gasteiger partial charge in [0, 0.05) is 37.7 Å². The molecule has 1 atom stereocenters. The van der Waals surface area contributed by atoms with Gasteiger partial charge in [0.05, 0.1) is 5.56 Å². The van der Waals surface area contributed by atoms with E-state index >= 15 is 0 Å². The van der Waals surface area contributed by atoms with Gasteiger partial charge in [-0.05, 0) is 31.9 Å². The van der Waals surface area contributed by atoms with Gasteiger partial charge in [0.15, 0.2) is 11.6 Å². The number of benzene rings is 1. The Morgan fingerprint density at radius 1 is 1.15 bits per heavy atom. The van der Waals surface area contributed by atoms with Crippen molar-refractivity contribution in [2.24, 2.45) is 0 Å². The van der Waals surface area contributed by atoms with Crippen molar-refractivity contribution in [3.05, 3.63) is 47.7 Å². The zero-order valence-electron chi connectivity index (χ0n) is 14.9. The Kier molecular flexibility index (Phi) is 4.28. The molecule has 2 aromatic heterocycles. The number of aromatic nitrogens is 4. The number of hydrogen-bond donors (Lipinski definition) is 1. The second-order valence-corrected chi connectivity index (χ2v) is 6.67. The molecule has 0 aliphatic carbocycles. The molecule has 4 rings (SSSR count). The number of anilines is 1. The first kappa shape index (κ1) is 16.5. The molecule has 7 nitrogen and oxygen atoms in total. The summed E-state index contributed by atoms with van der Waals surface area (Å²) in [5.41, 5.74) is 1.51. The second-order valence-electron chi connectivity index (χ2n) is 6.67. The van der Waals surface area contributed by atoms with E-state index in [1.165, 1.54) is 0 Å². The maximum Gasteiger partial charge on any atom is 0.223 e. The number of para-hydroxylation sites is 1. The van der Waals surface area contributed by atoms with Crippen LogP contribution in [-0.4, -0.2) is 38.3 Å². The fourth-order valence-electron chi connectivity index (χ4n) is 3.37. The predicted molar refractivity (Wildman–Crippen MR) is 97.1 cm³/mol. The number of phenolic OH excluding ortho intramolecular Hbond substituents is 1. The minimum Gasteiger partial charge on any atom is -0.507 e. The summed E-state index contributed by atoms with van der Waals surface area (Å²) >= 11 is 0. The summed E-state index contributed by atoms with van der Waals surface area (Å²) in [4.78, 5) is 15.8. The summed E-state index contributed by atoms with van der Waals surface area (Å²) in [5, 5.41) is 14.2. The number of hydrogen-bond acceptors (Lipinski definition) is 7. The quantitative estimate of drug-likeness (QED) is 0.775. The maximum atomic E-state index is 10.1. The molecule has 3 heterocycles. The first-order valence-corrected chi connectivity index (χ1v) is 8.79. The van der Waals surface area contributed by atoms with E-state index in [1.54, 1.807) is 12.1 Å². The summed E-state index contributed by atoms with van der Waals surface area (Å²) in [6.45, 7) is 5.46. The number of phenols is 1. The van der Waals surface area contributed by atoms with Crippen molar-refractivity contribution in [3.63, 3.8) is 0 Å². The highest BCUT2D eigenvalue weighted by Gasteiger charge is 2.26. The molecule has 7 heteroatoms. The largest absolute Gasteiger partial charge is 0.507 e. The molecular weight excluding hydrogens is 330 g/mol. The lowest BCUT2D eigenvalue weighted by Gasteiger charge is -2.32. The van der Waals surface area contributed by atoms with E-state index in [2.05, 4.69) is 20.0 Å². The molecule has 0 radical (unpaired) electrons. The van der Waals surface area contributed by atoms with E-state index in [-0.39, 0.29) is 11.7 Å². The van der Waals surface area contributed by atoms with Crippen LogP contribution < -0.4 is 4.90 Å². The van der Waals surface area contributed by atoms with Crippen LogP contribution in [0.2, 0.25) is 0 Å². The zero-order chi connectivity index (χ0) is 18.1. The van der Waals surface area contributed by atoms with E-state index in [4.69, 9.17) is 9.51 Å². The lowest BCUT2D eigenvalue weighted by molar-refractivity contribution is 0.376. The Morgan fingerprint density at radius 2 is 2.00 bits per heavy atom. The Balaban J connectivity index is 1.64. The second kappa shape index (κ2) is 6.74. The van der Waals surface area contributed by atoms with Crippen LogP contribution in [-0.2, 0) is 0 Å². The van der Waals surface area contributed by atoms with Crippen molar-refractivity contribution in [1.82, 2.24) is 20.1 Å². The van der Waals surface area contributed by atoms with Gasteiger partial charge in [0.2, 0.25) is 5.89 Å². The lowest BCUT2D eigenvalue weighted by Crippen LogP contribution is -2.35.